The van der Waals surface area contributed by atoms with Crippen LogP contribution in [0.4, 0.5) is 5.95 Å². The number of hydrogen-bond acceptors (Lipinski definition) is 8. The summed E-state index contributed by atoms with van der Waals surface area (Å²) in [5.41, 5.74) is 3.00. The predicted molar refractivity (Wildman–Crippen MR) is 70.3 cm³/mol. The van der Waals surface area contributed by atoms with Gasteiger partial charge in [-0.25, -0.2) is 4.98 Å². The third-order valence-electron chi connectivity index (χ3n) is 3.92. The first-order valence-corrected chi connectivity index (χ1v) is 6.30. The number of hydrogen-bond donors (Lipinski definition) is 6. The number of fused-ring (bicyclic) bond motifs is 1. The summed E-state index contributed by atoms with van der Waals surface area (Å²) in [6, 6.07) is -1.10. The molecule has 3 rings (SSSR count). The molecule has 2 aromatic rings. The van der Waals surface area contributed by atoms with Gasteiger partial charge in [-0.1, -0.05) is 0 Å². The van der Waals surface area contributed by atoms with Crippen LogP contribution in [-0.2, 0) is 0 Å². The summed E-state index contributed by atoms with van der Waals surface area (Å²) in [6.45, 7) is -0.770. The number of nitrogens with zero attached hydrogens (tertiary/aromatic N) is 3. The summed E-state index contributed by atoms with van der Waals surface area (Å²) < 4.78 is 1.25. The zero-order chi connectivity index (χ0) is 15.4. The van der Waals surface area contributed by atoms with Crippen molar-refractivity contribution in [3.05, 3.63) is 16.7 Å². The van der Waals surface area contributed by atoms with E-state index in [2.05, 4.69) is 15.0 Å². The smallest absolute Gasteiger partial charge is 0.280 e. The molecule has 0 radical (unpaired) electrons. The van der Waals surface area contributed by atoms with E-state index in [1.54, 1.807) is 0 Å². The SMILES string of the molecule is Nc1nc2c(ncn2[C@H]2[C@@H](O)CC(O)C2(O)CO)c(=O)[nH]1. The minimum atomic E-state index is -1.97. The average Bonchev–Trinajstić information content (AvgIpc) is 2.90. The number of aliphatic hydroxyl groups is 4. The van der Waals surface area contributed by atoms with Crippen molar-refractivity contribution >= 4 is 17.1 Å². The van der Waals surface area contributed by atoms with Gasteiger partial charge in [0.15, 0.2) is 11.2 Å². The summed E-state index contributed by atoms with van der Waals surface area (Å²) in [6.07, 6.45) is -1.38. The Kier molecular flexibility index (Phi) is 2.99. The van der Waals surface area contributed by atoms with Crippen molar-refractivity contribution < 1.29 is 20.4 Å². The highest BCUT2D eigenvalue weighted by Crippen LogP contribution is 2.40. The summed E-state index contributed by atoms with van der Waals surface area (Å²) >= 11 is 0. The number of H-pyrrole nitrogens is 1. The van der Waals surface area contributed by atoms with Crippen LogP contribution in [0.15, 0.2) is 11.1 Å². The van der Waals surface area contributed by atoms with Gasteiger partial charge in [0.05, 0.1) is 31.2 Å². The Morgan fingerprint density at radius 2 is 2.24 bits per heavy atom. The van der Waals surface area contributed by atoms with Crippen molar-refractivity contribution in [1.82, 2.24) is 19.5 Å². The first-order valence-electron chi connectivity index (χ1n) is 6.30. The molecule has 1 aliphatic rings. The van der Waals surface area contributed by atoms with Crippen LogP contribution < -0.4 is 11.3 Å². The highest BCUT2D eigenvalue weighted by atomic mass is 16.4. The molecular weight excluding hydrogens is 282 g/mol. The quantitative estimate of drug-likeness (QED) is 0.342. The molecule has 0 aromatic carbocycles. The van der Waals surface area contributed by atoms with Crippen LogP contribution in [-0.4, -0.2) is 64.4 Å². The van der Waals surface area contributed by atoms with Crippen LogP contribution in [0, 0.1) is 0 Å². The lowest BCUT2D eigenvalue weighted by Gasteiger charge is -2.32. The molecule has 2 heterocycles. The van der Waals surface area contributed by atoms with Crippen LogP contribution >= 0.6 is 0 Å². The van der Waals surface area contributed by atoms with Gasteiger partial charge in [0.2, 0.25) is 5.95 Å². The number of aromatic nitrogens is 4. The van der Waals surface area contributed by atoms with E-state index in [1.165, 1.54) is 10.9 Å². The molecule has 7 N–H and O–H groups in total. The second-order valence-corrected chi connectivity index (χ2v) is 5.19. The Morgan fingerprint density at radius 1 is 1.52 bits per heavy atom. The molecule has 0 spiro atoms. The number of nitrogen functional groups attached to an aromatic ring is 1. The Hall–Kier alpha value is -2.01. The van der Waals surface area contributed by atoms with E-state index in [-0.39, 0.29) is 23.5 Å². The molecule has 2 aromatic heterocycles. The number of aromatic amines is 1. The van der Waals surface area contributed by atoms with E-state index in [0.717, 1.165) is 0 Å². The van der Waals surface area contributed by atoms with Gasteiger partial charge in [-0.05, 0) is 0 Å². The molecule has 0 amide bonds. The second kappa shape index (κ2) is 4.49. The van der Waals surface area contributed by atoms with Crippen molar-refractivity contribution in [2.75, 3.05) is 12.3 Å². The van der Waals surface area contributed by atoms with Gasteiger partial charge >= 0.3 is 0 Å². The molecule has 10 nitrogen and oxygen atoms in total. The maximum Gasteiger partial charge on any atom is 0.280 e. The fourth-order valence-corrected chi connectivity index (χ4v) is 2.86. The van der Waals surface area contributed by atoms with E-state index < -0.39 is 36.0 Å². The Morgan fingerprint density at radius 3 is 2.90 bits per heavy atom. The number of imidazole rings is 1. The first kappa shape index (κ1) is 13.9. The molecule has 114 valence electrons. The molecule has 0 aliphatic heterocycles. The van der Waals surface area contributed by atoms with E-state index >= 15 is 0 Å². The Balaban J connectivity index is 2.22. The number of rotatable bonds is 2. The predicted octanol–water partition coefficient (Wildman–Crippen LogP) is -2.91. The largest absolute Gasteiger partial charge is 0.393 e. The van der Waals surface area contributed by atoms with Crippen molar-refractivity contribution in [1.29, 1.82) is 0 Å². The molecule has 2 unspecified atom stereocenters. The van der Waals surface area contributed by atoms with Gasteiger partial charge in [0.25, 0.3) is 5.56 Å². The Labute approximate surface area is 117 Å². The maximum absolute atomic E-state index is 11.7. The number of anilines is 1. The summed E-state index contributed by atoms with van der Waals surface area (Å²) in [4.78, 5) is 21.8. The van der Waals surface area contributed by atoms with Crippen LogP contribution in [0.5, 0.6) is 0 Å². The van der Waals surface area contributed by atoms with Crippen molar-refractivity contribution in [2.45, 2.75) is 30.3 Å². The van der Waals surface area contributed by atoms with Gasteiger partial charge in [0, 0.05) is 6.42 Å². The fourth-order valence-electron chi connectivity index (χ4n) is 2.86. The summed E-state index contributed by atoms with van der Waals surface area (Å²) in [7, 11) is 0. The van der Waals surface area contributed by atoms with Crippen molar-refractivity contribution in [3.63, 3.8) is 0 Å². The molecule has 1 aliphatic carbocycles. The zero-order valence-corrected chi connectivity index (χ0v) is 10.8. The minimum Gasteiger partial charge on any atom is -0.393 e. The van der Waals surface area contributed by atoms with Crippen molar-refractivity contribution in [3.8, 4) is 0 Å². The van der Waals surface area contributed by atoms with Gasteiger partial charge in [-0.15, -0.1) is 0 Å². The van der Waals surface area contributed by atoms with E-state index in [1.807, 2.05) is 0 Å². The minimum absolute atomic E-state index is 0.0157. The van der Waals surface area contributed by atoms with E-state index in [9.17, 15) is 25.2 Å². The lowest BCUT2D eigenvalue weighted by atomic mass is 9.96. The maximum atomic E-state index is 11.7. The van der Waals surface area contributed by atoms with Crippen LogP contribution in [0.1, 0.15) is 12.5 Å². The van der Waals surface area contributed by atoms with E-state index in [0.29, 0.717) is 0 Å². The summed E-state index contributed by atoms with van der Waals surface area (Å²) in [5, 5.41) is 39.7. The molecule has 1 saturated carbocycles. The molecule has 10 heteroatoms. The van der Waals surface area contributed by atoms with Crippen LogP contribution in [0.3, 0.4) is 0 Å². The normalized spacial score (nSPS) is 32.9. The average molecular weight is 297 g/mol. The topological polar surface area (TPSA) is 171 Å². The monoisotopic (exact) mass is 297 g/mol. The third kappa shape index (κ3) is 1.84. The fraction of sp³-hybridized carbons (Fsp3) is 0.545. The molecule has 0 saturated heterocycles. The zero-order valence-electron chi connectivity index (χ0n) is 10.8. The van der Waals surface area contributed by atoms with Gasteiger partial charge in [0.1, 0.15) is 5.60 Å². The van der Waals surface area contributed by atoms with Crippen LogP contribution in [0.25, 0.3) is 11.2 Å². The summed E-state index contributed by atoms with van der Waals surface area (Å²) in [5.74, 6) is -0.144. The standard InChI is InChI=1S/C11H15N5O5/c12-10-14-8-6(9(20)15-10)13-3-16(8)7-4(18)1-5(19)11(7,21)2-17/h3-5,7,17-19,21H,1-2H2,(H3,12,14,15,20)/t4-,5?,7-,11?/m0/s1. The second-order valence-electron chi connectivity index (χ2n) is 5.19. The van der Waals surface area contributed by atoms with E-state index in [4.69, 9.17) is 5.73 Å². The van der Waals surface area contributed by atoms with Crippen molar-refractivity contribution in [2.24, 2.45) is 0 Å². The Bertz CT molecular complexity index is 742. The van der Waals surface area contributed by atoms with Gasteiger partial charge in [-0.3, -0.25) is 9.78 Å². The van der Waals surface area contributed by atoms with Gasteiger partial charge < -0.3 is 30.7 Å². The molecule has 0 bridgehead atoms. The number of nitrogens with one attached hydrogen (secondary N) is 1. The molecule has 21 heavy (non-hydrogen) atoms. The highest BCUT2D eigenvalue weighted by molar-refractivity contribution is 5.70. The third-order valence-corrected chi connectivity index (χ3v) is 3.92. The van der Waals surface area contributed by atoms with Gasteiger partial charge in [-0.2, -0.15) is 4.98 Å². The van der Waals surface area contributed by atoms with Crippen LogP contribution in [0.2, 0.25) is 0 Å². The lowest BCUT2D eigenvalue weighted by Crippen LogP contribution is -2.48. The lowest BCUT2D eigenvalue weighted by molar-refractivity contribution is -0.111. The number of aliphatic hydroxyl groups excluding tert-OH is 3. The number of nitrogens with two attached hydrogens (primary N) is 1. The molecule has 4 atom stereocenters. The molecular formula is C11H15N5O5. The first-order chi connectivity index (χ1) is 9.88. The molecule has 1 fully saturated rings. The highest BCUT2D eigenvalue weighted by Gasteiger charge is 2.54.